The number of anilines is 2. The van der Waals surface area contributed by atoms with E-state index < -0.39 is 34.6 Å². The number of piperazine rings is 1. The van der Waals surface area contributed by atoms with Crippen LogP contribution in [0.4, 0.5) is 28.9 Å². The second-order valence-electron chi connectivity index (χ2n) is 11.7. The Kier molecular flexibility index (Phi) is 9.24. The first kappa shape index (κ1) is 32.7. The number of ether oxygens (including phenoxy) is 1. The minimum absolute atomic E-state index is 0. The zero-order chi connectivity index (χ0) is 33.3. The van der Waals surface area contributed by atoms with Crippen molar-refractivity contribution >= 4 is 28.8 Å². The number of carbonyl (C=O) groups is 2. The molecule has 3 aromatic rings. The maximum absolute atomic E-state index is 15.9. The summed E-state index contributed by atoms with van der Waals surface area (Å²) in [7, 11) is 3.51. The number of hydrogen-bond acceptors (Lipinski definition) is 6. The summed E-state index contributed by atoms with van der Waals surface area (Å²) < 4.78 is 62.4. The lowest BCUT2D eigenvalue weighted by molar-refractivity contribution is -0.138. The van der Waals surface area contributed by atoms with Gasteiger partial charge in [-0.1, -0.05) is 6.08 Å². The summed E-state index contributed by atoms with van der Waals surface area (Å²) in [5.41, 5.74) is -1.45. The van der Waals surface area contributed by atoms with Gasteiger partial charge in [-0.15, -0.1) is 0 Å². The van der Waals surface area contributed by atoms with Crippen molar-refractivity contribution < 1.29 is 34.7 Å². The second-order valence-corrected chi connectivity index (χ2v) is 11.7. The second kappa shape index (κ2) is 13.0. The van der Waals surface area contributed by atoms with Gasteiger partial charge in [-0.05, 0) is 69.3 Å². The summed E-state index contributed by atoms with van der Waals surface area (Å²) >= 11 is 0. The van der Waals surface area contributed by atoms with Gasteiger partial charge in [-0.2, -0.15) is 13.2 Å². The molecule has 9 nitrogen and oxygen atoms in total. The zero-order valence-corrected chi connectivity index (χ0v) is 25.9. The predicted octanol–water partition coefficient (Wildman–Crippen LogP) is 5.74. The summed E-state index contributed by atoms with van der Waals surface area (Å²) in [5.74, 6) is -1.24. The molecule has 2 aliphatic heterocycles. The van der Waals surface area contributed by atoms with Crippen molar-refractivity contribution in [1.29, 1.82) is 0 Å². The van der Waals surface area contributed by atoms with Crippen LogP contribution in [0.25, 0.3) is 5.57 Å². The van der Waals surface area contributed by atoms with Crippen LogP contribution in [0.3, 0.4) is 0 Å². The summed E-state index contributed by atoms with van der Waals surface area (Å²) in [4.78, 5) is 45.9. The number of aromatic amines is 1. The van der Waals surface area contributed by atoms with Gasteiger partial charge >= 0.3 is 6.18 Å². The third-order valence-electron chi connectivity index (χ3n) is 8.69. The molecule has 248 valence electrons. The number of methoxy groups -OCH3 is 1. The fraction of sp³-hybridized carbons (Fsp3) is 0.364. The third kappa shape index (κ3) is 6.79. The fourth-order valence-electron chi connectivity index (χ4n) is 5.87. The lowest BCUT2D eigenvalue weighted by Crippen LogP contribution is -2.55. The molecule has 2 aromatic carbocycles. The lowest BCUT2D eigenvalue weighted by Gasteiger charge is -2.44. The highest BCUT2D eigenvalue weighted by atomic mass is 19.4. The van der Waals surface area contributed by atoms with E-state index in [1.807, 2.05) is 25.8 Å². The van der Waals surface area contributed by atoms with Gasteiger partial charge in [0.25, 0.3) is 11.8 Å². The molecule has 0 bridgehead atoms. The number of carbonyl (C=O) groups excluding carboxylic acids is 2. The topological polar surface area (TPSA) is 98.0 Å². The minimum Gasteiger partial charge on any atom is -0.497 e. The third-order valence-corrected chi connectivity index (χ3v) is 8.69. The quantitative estimate of drug-likeness (QED) is 0.332. The fourth-order valence-corrected chi connectivity index (χ4v) is 5.87. The van der Waals surface area contributed by atoms with Crippen LogP contribution in [0.2, 0.25) is 0 Å². The number of rotatable bonds is 6. The van der Waals surface area contributed by atoms with Crippen molar-refractivity contribution in [3.63, 3.8) is 0 Å². The van der Waals surface area contributed by atoms with Crippen LogP contribution in [-0.2, 0) is 6.18 Å². The van der Waals surface area contributed by atoms with Crippen molar-refractivity contribution in [3.8, 4) is 5.75 Å². The molecule has 1 aromatic heterocycles. The minimum atomic E-state index is -4.96. The van der Waals surface area contributed by atoms with Crippen LogP contribution in [-0.4, -0.2) is 79.0 Å². The van der Waals surface area contributed by atoms with Crippen molar-refractivity contribution in [2.75, 3.05) is 50.6 Å². The first-order valence-electron chi connectivity index (χ1n) is 14.8. The van der Waals surface area contributed by atoms with Gasteiger partial charge in [0, 0.05) is 64.5 Å². The molecule has 0 saturated carbocycles. The summed E-state index contributed by atoms with van der Waals surface area (Å²) in [5, 5.41) is 2.58. The SMILES string of the molecule is COc1ccc(C(=O)N2CC=C(c3cc(NC(=O)c4c[nH]c(=O)cc4C(F)(F)F)c(N4C[C@@H](C)N(C)[C@@H](C)C4)cc3F)CC2)cc1.[HH].[HH]. The molecule has 46 heavy (non-hydrogen) atoms. The number of likely N-dealkylation sites (N-methyl/N-ethyl adjacent to an activating group) is 1. The molecule has 0 aliphatic carbocycles. The number of alkyl halides is 3. The van der Waals surface area contributed by atoms with Gasteiger partial charge in [0.2, 0.25) is 5.56 Å². The normalized spacial score (nSPS) is 19.1. The molecule has 0 unspecified atom stereocenters. The molecule has 3 heterocycles. The lowest BCUT2D eigenvalue weighted by atomic mass is 9.96. The predicted molar refractivity (Wildman–Crippen MR) is 171 cm³/mol. The number of hydrogen-bond donors (Lipinski definition) is 2. The smallest absolute Gasteiger partial charge is 0.417 e. The van der Waals surface area contributed by atoms with Gasteiger partial charge in [-0.3, -0.25) is 19.3 Å². The molecule has 5 rings (SSSR count). The molecule has 1 fully saturated rings. The van der Waals surface area contributed by atoms with Gasteiger partial charge in [0.1, 0.15) is 11.6 Å². The number of nitrogens with zero attached hydrogens (tertiary/aromatic N) is 3. The van der Waals surface area contributed by atoms with Crippen LogP contribution in [0.1, 0.15) is 55.0 Å². The standard InChI is InChI=1S/C33H35F4N5O4.2H2/c1-19-17-42(18-20(2)40(19)3)29-15-27(34)24(13-28(29)39-31(44)25-16-38-30(43)14-26(25)33(35,36)37)21-9-11-41(12-10-21)32(45)22-5-7-23(46-4)8-6-22;;/h5-9,13-16,19-20H,10-12,17-18H2,1-4H3,(H,38,43)(H,39,44);2*1H/t19-,20+;;. The van der Waals surface area contributed by atoms with Gasteiger partial charge in [0.05, 0.1) is 29.6 Å². The van der Waals surface area contributed by atoms with E-state index >= 15 is 4.39 Å². The Bertz CT molecular complexity index is 1720. The van der Waals surface area contributed by atoms with Crippen molar-refractivity contribution in [3.05, 3.63) is 93.2 Å². The number of pyridine rings is 1. The van der Waals surface area contributed by atoms with E-state index in [4.69, 9.17) is 4.74 Å². The molecule has 2 atom stereocenters. The largest absolute Gasteiger partial charge is 0.497 e. The number of amides is 2. The molecule has 2 amide bonds. The van der Waals surface area contributed by atoms with E-state index in [0.29, 0.717) is 54.7 Å². The maximum Gasteiger partial charge on any atom is 0.417 e. The Morgan fingerprint density at radius 3 is 2.33 bits per heavy atom. The number of aromatic nitrogens is 1. The van der Waals surface area contributed by atoms with Crippen molar-refractivity contribution in [2.24, 2.45) is 0 Å². The van der Waals surface area contributed by atoms with E-state index in [1.54, 1.807) is 35.2 Å². The van der Waals surface area contributed by atoms with Crippen LogP contribution in [0.15, 0.2) is 59.5 Å². The number of nitrogens with one attached hydrogen (secondary N) is 2. The van der Waals surface area contributed by atoms with Gasteiger partial charge in [-0.25, -0.2) is 4.39 Å². The Morgan fingerprint density at radius 1 is 1.07 bits per heavy atom. The Labute approximate surface area is 266 Å². The van der Waals surface area contributed by atoms with E-state index in [-0.39, 0.29) is 38.6 Å². The Hall–Kier alpha value is -4.65. The molecule has 2 N–H and O–H groups in total. The molecule has 0 radical (unpaired) electrons. The molecule has 2 aliphatic rings. The monoisotopic (exact) mass is 645 g/mol. The van der Waals surface area contributed by atoms with Crippen LogP contribution in [0.5, 0.6) is 5.75 Å². The number of H-pyrrole nitrogens is 1. The first-order valence-corrected chi connectivity index (χ1v) is 14.8. The molecular formula is C33H39F4N5O4. The Morgan fingerprint density at radius 2 is 1.74 bits per heavy atom. The molecule has 1 saturated heterocycles. The average Bonchev–Trinajstić information content (AvgIpc) is 3.03. The number of halogens is 4. The first-order chi connectivity index (χ1) is 21.8. The molecule has 13 heteroatoms. The van der Waals surface area contributed by atoms with E-state index in [0.717, 1.165) is 6.20 Å². The average molecular weight is 646 g/mol. The van der Waals surface area contributed by atoms with Gasteiger partial charge in [0.15, 0.2) is 0 Å². The Balaban J connectivity index is 0.00000312. The zero-order valence-electron chi connectivity index (χ0n) is 25.9. The van der Waals surface area contributed by atoms with E-state index in [2.05, 4.69) is 15.2 Å². The summed E-state index contributed by atoms with van der Waals surface area (Å²) in [6.07, 6.45) is -2.19. The highest BCUT2D eigenvalue weighted by Gasteiger charge is 2.36. The molecular weight excluding hydrogens is 606 g/mol. The van der Waals surface area contributed by atoms with Crippen LogP contribution in [0, 0.1) is 5.82 Å². The van der Waals surface area contributed by atoms with Gasteiger partial charge < -0.3 is 24.8 Å². The maximum atomic E-state index is 15.9. The highest BCUT2D eigenvalue weighted by Crippen LogP contribution is 2.37. The number of benzene rings is 2. The van der Waals surface area contributed by atoms with E-state index in [9.17, 15) is 27.6 Å². The van der Waals surface area contributed by atoms with Crippen molar-refractivity contribution in [2.45, 2.75) is 38.5 Å². The van der Waals surface area contributed by atoms with Crippen molar-refractivity contribution in [1.82, 2.24) is 14.8 Å². The van der Waals surface area contributed by atoms with E-state index in [1.165, 1.54) is 19.2 Å². The van der Waals surface area contributed by atoms with Crippen LogP contribution >= 0.6 is 0 Å². The molecule has 0 spiro atoms. The highest BCUT2D eigenvalue weighted by molar-refractivity contribution is 6.07. The summed E-state index contributed by atoms with van der Waals surface area (Å²) in [6, 6.07) is 9.92. The van der Waals surface area contributed by atoms with Crippen LogP contribution < -0.4 is 20.5 Å². The summed E-state index contributed by atoms with van der Waals surface area (Å²) in [6.45, 7) is 5.50.